The van der Waals surface area contributed by atoms with E-state index in [0.29, 0.717) is 0 Å². The summed E-state index contributed by atoms with van der Waals surface area (Å²) in [5, 5.41) is 4.65. The van der Waals surface area contributed by atoms with Crippen molar-refractivity contribution in [1.29, 1.82) is 0 Å². The first kappa shape index (κ1) is 8.20. The average Bonchev–Trinajstić information content (AvgIpc) is 2.35. The minimum atomic E-state index is -0.0227. The van der Waals surface area contributed by atoms with Gasteiger partial charge in [-0.05, 0) is 24.5 Å². The van der Waals surface area contributed by atoms with Gasteiger partial charge in [-0.3, -0.25) is 4.79 Å². The zero-order valence-electron chi connectivity index (χ0n) is 6.50. The van der Waals surface area contributed by atoms with E-state index < -0.39 is 0 Å². The highest BCUT2D eigenvalue weighted by atomic mass is 32.1. The lowest BCUT2D eigenvalue weighted by Crippen LogP contribution is -2.23. The number of aromatic nitrogens is 1. The van der Waals surface area contributed by atoms with Crippen molar-refractivity contribution in [3.8, 4) is 0 Å². The molecule has 0 saturated heterocycles. The van der Waals surface area contributed by atoms with Crippen molar-refractivity contribution in [1.82, 2.24) is 9.69 Å². The van der Waals surface area contributed by atoms with Gasteiger partial charge in [0.05, 0.1) is 11.7 Å². The summed E-state index contributed by atoms with van der Waals surface area (Å²) in [5.74, 6) is -0.0227. The molecular weight excluding hydrogens is 160 g/mol. The van der Waals surface area contributed by atoms with Gasteiger partial charge in [0, 0.05) is 12.3 Å². The van der Waals surface area contributed by atoms with Crippen LogP contribution in [0.15, 0.2) is 11.4 Å². The molecule has 1 rings (SSSR count). The predicted molar refractivity (Wildman–Crippen MR) is 44.3 cm³/mol. The van der Waals surface area contributed by atoms with E-state index in [9.17, 15) is 4.79 Å². The van der Waals surface area contributed by atoms with Crippen molar-refractivity contribution in [2.75, 3.05) is 0 Å². The molecule has 0 unspecified atom stereocenters. The Morgan fingerprint density at radius 1 is 1.82 bits per heavy atom. The predicted octanol–water partition coefficient (Wildman–Crippen LogP) is 1.34. The fraction of sp³-hybridized carbons (Fsp3) is 0.429. The number of nitrogens with zero attached hydrogens (tertiary/aromatic N) is 1. The molecule has 60 valence electrons. The summed E-state index contributed by atoms with van der Waals surface area (Å²) in [4.78, 5) is 10.6. The molecule has 0 bridgehead atoms. The topological polar surface area (TPSA) is 42.0 Å². The molecule has 1 aromatic heterocycles. The second kappa shape index (κ2) is 3.48. The number of carbonyl (C=O) groups is 1. The lowest BCUT2D eigenvalue weighted by molar-refractivity contribution is -0.119. The molecule has 1 N–H and O–H groups in total. The molecule has 0 aliphatic rings. The summed E-state index contributed by atoms with van der Waals surface area (Å²) in [5.41, 5.74) is 0.921. The highest BCUT2D eigenvalue weighted by molar-refractivity contribution is 7.03. The highest BCUT2D eigenvalue weighted by Crippen LogP contribution is 2.10. The van der Waals surface area contributed by atoms with Crippen molar-refractivity contribution < 1.29 is 4.79 Å². The molecule has 1 heterocycles. The Balaban J connectivity index is 2.56. The van der Waals surface area contributed by atoms with Gasteiger partial charge in [-0.1, -0.05) is 0 Å². The summed E-state index contributed by atoms with van der Waals surface area (Å²) in [7, 11) is 0. The average molecular weight is 170 g/mol. The lowest BCUT2D eigenvalue weighted by Gasteiger charge is -2.07. The van der Waals surface area contributed by atoms with Crippen LogP contribution in [0.3, 0.4) is 0 Å². The van der Waals surface area contributed by atoms with E-state index in [4.69, 9.17) is 0 Å². The van der Waals surface area contributed by atoms with E-state index in [1.165, 1.54) is 18.5 Å². The maximum absolute atomic E-state index is 10.6. The van der Waals surface area contributed by atoms with Crippen LogP contribution >= 0.6 is 11.5 Å². The van der Waals surface area contributed by atoms with Crippen molar-refractivity contribution in [3.63, 3.8) is 0 Å². The Morgan fingerprint density at radius 3 is 3.00 bits per heavy atom. The van der Waals surface area contributed by atoms with Gasteiger partial charge < -0.3 is 5.32 Å². The summed E-state index contributed by atoms with van der Waals surface area (Å²) < 4.78 is 4.10. The number of amides is 1. The molecule has 0 fully saturated rings. The molecule has 0 saturated carbocycles. The molecule has 1 aromatic rings. The summed E-state index contributed by atoms with van der Waals surface area (Å²) in [6.45, 7) is 3.42. The lowest BCUT2D eigenvalue weighted by atomic mass is 10.2. The maximum atomic E-state index is 10.6. The molecule has 0 spiro atoms. The Bertz CT molecular complexity index is 233. The van der Waals surface area contributed by atoms with E-state index >= 15 is 0 Å². The first-order valence-corrected chi connectivity index (χ1v) is 4.21. The van der Waals surface area contributed by atoms with Gasteiger partial charge >= 0.3 is 0 Å². The number of carbonyl (C=O) groups excluding carboxylic acids is 1. The largest absolute Gasteiger partial charge is 0.348 e. The minimum Gasteiger partial charge on any atom is -0.348 e. The molecular formula is C7H10N2OS. The van der Waals surface area contributed by atoms with Crippen LogP contribution in [0.25, 0.3) is 0 Å². The van der Waals surface area contributed by atoms with Crippen molar-refractivity contribution in [2.45, 2.75) is 19.9 Å². The third-order valence-corrected chi connectivity index (χ3v) is 1.90. The van der Waals surface area contributed by atoms with E-state index in [1.54, 1.807) is 0 Å². The highest BCUT2D eigenvalue weighted by Gasteiger charge is 2.06. The van der Waals surface area contributed by atoms with Gasteiger partial charge in [-0.15, -0.1) is 0 Å². The minimum absolute atomic E-state index is 0.0227. The van der Waals surface area contributed by atoms with Crippen LogP contribution in [-0.2, 0) is 4.79 Å². The van der Waals surface area contributed by atoms with E-state index in [1.807, 2.05) is 18.4 Å². The monoisotopic (exact) mass is 170 g/mol. The Morgan fingerprint density at radius 2 is 2.55 bits per heavy atom. The zero-order valence-corrected chi connectivity index (χ0v) is 7.31. The molecule has 3 nitrogen and oxygen atoms in total. The van der Waals surface area contributed by atoms with Crippen LogP contribution in [0.4, 0.5) is 0 Å². The Labute approximate surface area is 69.6 Å². The molecule has 0 aliphatic carbocycles. The summed E-state index contributed by atoms with van der Waals surface area (Å²) in [6, 6.07) is 1.93. The van der Waals surface area contributed by atoms with Crippen molar-refractivity contribution >= 4 is 17.4 Å². The first-order chi connectivity index (χ1) is 5.20. The fourth-order valence-electron chi connectivity index (χ4n) is 0.824. The molecule has 4 heteroatoms. The normalized spacial score (nSPS) is 12.5. The van der Waals surface area contributed by atoms with Gasteiger partial charge in [0.2, 0.25) is 5.91 Å². The Hall–Kier alpha value is -0.900. The fourth-order valence-corrected chi connectivity index (χ4v) is 1.43. The molecule has 1 atom stereocenters. The van der Waals surface area contributed by atoms with Crippen LogP contribution < -0.4 is 5.32 Å². The van der Waals surface area contributed by atoms with Crippen LogP contribution in [0, 0.1) is 0 Å². The summed E-state index contributed by atoms with van der Waals surface area (Å²) >= 11 is 1.39. The molecule has 0 radical (unpaired) electrons. The van der Waals surface area contributed by atoms with Gasteiger partial charge in [-0.2, -0.15) is 4.37 Å². The van der Waals surface area contributed by atoms with Gasteiger partial charge in [0.25, 0.3) is 0 Å². The van der Waals surface area contributed by atoms with Crippen molar-refractivity contribution in [3.05, 3.63) is 17.1 Å². The first-order valence-electron chi connectivity index (χ1n) is 3.37. The second-order valence-corrected chi connectivity index (χ2v) is 3.01. The third kappa shape index (κ3) is 2.31. The molecule has 1 amide bonds. The number of hydrogen-bond donors (Lipinski definition) is 1. The number of hydrogen-bond acceptors (Lipinski definition) is 3. The molecule has 0 aromatic carbocycles. The van der Waals surface area contributed by atoms with Crippen LogP contribution in [0.5, 0.6) is 0 Å². The van der Waals surface area contributed by atoms with Crippen LogP contribution in [-0.4, -0.2) is 10.3 Å². The Kier molecular flexibility index (Phi) is 2.59. The van der Waals surface area contributed by atoms with Gasteiger partial charge in [0.15, 0.2) is 0 Å². The standard InChI is InChI=1S/C7H10N2OS/c1-5(8-6(2)10)7-3-4-11-9-7/h3-5H,1-2H3,(H,8,10)/t5-/m1/s1. The van der Waals surface area contributed by atoms with Crippen LogP contribution in [0.1, 0.15) is 25.6 Å². The number of nitrogens with one attached hydrogen (secondary N) is 1. The number of rotatable bonds is 2. The SMILES string of the molecule is CC(=O)N[C@H](C)c1ccsn1. The summed E-state index contributed by atoms with van der Waals surface area (Å²) in [6.07, 6.45) is 0. The maximum Gasteiger partial charge on any atom is 0.217 e. The zero-order chi connectivity index (χ0) is 8.27. The van der Waals surface area contributed by atoms with E-state index in [2.05, 4.69) is 9.69 Å². The smallest absolute Gasteiger partial charge is 0.217 e. The molecule has 11 heavy (non-hydrogen) atoms. The second-order valence-electron chi connectivity index (χ2n) is 2.35. The quantitative estimate of drug-likeness (QED) is 0.727. The third-order valence-electron chi connectivity index (χ3n) is 1.32. The van der Waals surface area contributed by atoms with Crippen LogP contribution in [0.2, 0.25) is 0 Å². The van der Waals surface area contributed by atoms with Gasteiger partial charge in [0.1, 0.15) is 0 Å². The van der Waals surface area contributed by atoms with Crippen molar-refractivity contribution in [2.24, 2.45) is 0 Å². The van der Waals surface area contributed by atoms with Gasteiger partial charge in [-0.25, -0.2) is 0 Å². The van der Waals surface area contributed by atoms with E-state index in [0.717, 1.165) is 5.69 Å². The van der Waals surface area contributed by atoms with E-state index in [-0.39, 0.29) is 11.9 Å². The molecule has 0 aliphatic heterocycles.